The van der Waals surface area contributed by atoms with E-state index < -0.39 is 0 Å². The highest BCUT2D eigenvalue weighted by Gasteiger charge is 2.17. The van der Waals surface area contributed by atoms with Crippen molar-refractivity contribution in [2.24, 2.45) is 4.99 Å². The lowest BCUT2D eigenvalue weighted by Gasteiger charge is -2.27. The molecule has 1 aromatic heterocycles. The summed E-state index contributed by atoms with van der Waals surface area (Å²) in [7, 11) is 4.02. The number of nitrogens with zero attached hydrogens (tertiary/aromatic N) is 5. The molecule has 2 heterocycles. The number of aromatic nitrogens is 1. The van der Waals surface area contributed by atoms with E-state index in [-0.39, 0.29) is 18.3 Å². The number of unbranched alkanes of at least 4 members (excludes halogenated alkanes) is 1. The quantitative estimate of drug-likeness (QED) is 0.135. The second-order valence-electron chi connectivity index (χ2n) is 8.10. The highest BCUT2D eigenvalue weighted by atomic mass is 16.5. The van der Waals surface area contributed by atoms with E-state index in [4.69, 9.17) is 10.1 Å². The number of rotatable bonds is 13. The number of amides is 1. The van der Waals surface area contributed by atoms with E-state index in [1.807, 2.05) is 18.1 Å². The first-order valence-corrected chi connectivity index (χ1v) is 11.4. The molecule has 0 atom stereocenters. The number of amidine groups is 1. The Morgan fingerprint density at radius 2 is 2.18 bits per heavy atom. The molecule has 1 fully saturated rings. The molecule has 1 saturated heterocycles. The SMILES string of the molecule is C=NC(=N)/C(NC=O)=C(\NCOCCCC)N(C)Cc1ccc(N2CCCN(C)CC2)nc1. The fraction of sp³-hybridized carbons (Fsp3) is 0.565. The molecule has 0 aromatic carbocycles. The first-order valence-electron chi connectivity index (χ1n) is 11.4. The Morgan fingerprint density at radius 1 is 1.36 bits per heavy atom. The highest BCUT2D eigenvalue weighted by Crippen LogP contribution is 2.16. The van der Waals surface area contributed by atoms with Crippen molar-refractivity contribution >= 4 is 24.8 Å². The molecule has 2 rings (SSSR count). The molecule has 0 unspecified atom stereocenters. The van der Waals surface area contributed by atoms with Gasteiger partial charge in [-0.25, -0.2) is 9.98 Å². The van der Waals surface area contributed by atoms with Gasteiger partial charge in [0.25, 0.3) is 0 Å². The van der Waals surface area contributed by atoms with E-state index in [1.54, 1.807) is 0 Å². The number of nitrogens with one attached hydrogen (secondary N) is 3. The van der Waals surface area contributed by atoms with Gasteiger partial charge in [-0.15, -0.1) is 0 Å². The van der Waals surface area contributed by atoms with Crippen molar-refractivity contribution in [2.45, 2.75) is 32.7 Å². The highest BCUT2D eigenvalue weighted by molar-refractivity contribution is 6.00. The second-order valence-corrected chi connectivity index (χ2v) is 8.10. The molecule has 0 aliphatic carbocycles. The maximum atomic E-state index is 11.2. The maximum Gasteiger partial charge on any atom is 0.211 e. The summed E-state index contributed by atoms with van der Waals surface area (Å²) in [6.07, 6.45) is 5.53. The third kappa shape index (κ3) is 8.47. The van der Waals surface area contributed by atoms with E-state index >= 15 is 0 Å². The topological polar surface area (TPSA) is 109 Å². The summed E-state index contributed by atoms with van der Waals surface area (Å²) < 4.78 is 5.62. The molecule has 33 heavy (non-hydrogen) atoms. The van der Waals surface area contributed by atoms with Crippen molar-refractivity contribution in [1.82, 2.24) is 25.4 Å². The third-order valence-electron chi connectivity index (χ3n) is 5.47. The lowest BCUT2D eigenvalue weighted by Crippen LogP contribution is -2.36. The zero-order chi connectivity index (χ0) is 24.1. The fourth-order valence-corrected chi connectivity index (χ4v) is 3.56. The van der Waals surface area contributed by atoms with Gasteiger partial charge in [-0.1, -0.05) is 19.4 Å². The van der Waals surface area contributed by atoms with Crippen LogP contribution in [0.5, 0.6) is 0 Å². The number of aliphatic imine (C=N–C) groups is 1. The van der Waals surface area contributed by atoms with E-state index in [1.165, 1.54) is 0 Å². The van der Waals surface area contributed by atoms with Gasteiger partial charge in [0.1, 0.15) is 24.1 Å². The van der Waals surface area contributed by atoms with Crippen LogP contribution in [0, 0.1) is 5.41 Å². The number of carbonyl (C=O) groups is 1. The van der Waals surface area contributed by atoms with Crippen LogP contribution >= 0.6 is 0 Å². The summed E-state index contributed by atoms with van der Waals surface area (Å²) in [5.74, 6) is 1.37. The minimum Gasteiger partial charge on any atom is -0.361 e. The molecule has 10 nitrogen and oxygen atoms in total. The molecule has 0 bridgehead atoms. The van der Waals surface area contributed by atoms with Crippen molar-refractivity contribution < 1.29 is 9.53 Å². The van der Waals surface area contributed by atoms with Crippen LogP contribution < -0.4 is 15.5 Å². The molecule has 1 aliphatic heterocycles. The monoisotopic (exact) mass is 458 g/mol. The second kappa shape index (κ2) is 14.2. The Bertz CT molecular complexity index is 796. The van der Waals surface area contributed by atoms with Crippen LogP contribution in [-0.2, 0) is 16.1 Å². The molecule has 1 amide bonds. The summed E-state index contributed by atoms with van der Waals surface area (Å²) in [4.78, 5) is 26.1. The zero-order valence-corrected chi connectivity index (χ0v) is 20.1. The van der Waals surface area contributed by atoms with Gasteiger partial charge in [-0.3, -0.25) is 10.2 Å². The normalized spacial score (nSPS) is 15.3. The van der Waals surface area contributed by atoms with Crippen LogP contribution in [0.4, 0.5) is 5.82 Å². The number of likely N-dealkylation sites (N-methyl/N-ethyl adjacent to an activating group) is 1. The van der Waals surface area contributed by atoms with Crippen molar-refractivity contribution in [3.63, 3.8) is 0 Å². The molecule has 182 valence electrons. The first kappa shape index (κ1) is 26.3. The summed E-state index contributed by atoms with van der Waals surface area (Å²) >= 11 is 0. The van der Waals surface area contributed by atoms with E-state index in [2.05, 4.69) is 63.2 Å². The van der Waals surface area contributed by atoms with Crippen LogP contribution in [0.15, 0.2) is 34.8 Å². The Labute approximate surface area is 197 Å². The van der Waals surface area contributed by atoms with Gasteiger partial charge >= 0.3 is 0 Å². The van der Waals surface area contributed by atoms with Gasteiger partial charge < -0.3 is 30.1 Å². The van der Waals surface area contributed by atoms with Crippen LogP contribution in [-0.4, -0.2) is 87.4 Å². The van der Waals surface area contributed by atoms with E-state index in [0.29, 0.717) is 25.4 Å². The van der Waals surface area contributed by atoms with E-state index in [0.717, 1.165) is 56.8 Å². The van der Waals surface area contributed by atoms with Crippen molar-refractivity contribution in [1.29, 1.82) is 5.41 Å². The molecule has 0 radical (unpaired) electrons. The predicted molar refractivity (Wildman–Crippen MR) is 132 cm³/mol. The average Bonchev–Trinajstić information content (AvgIpc) is 3.04. The standard InChI is InChI=1S/C23H38N8O2/c1-5-6-14-33-18-28-23(21(27-17-32)22(24)25-2)30(4)16-19-8-9-20(26-15-19)31-11-7-10-29(3)12-13-31/h8-9,15,17,24,28H,2,5-7,10-14,16,18H2,1,3-4H3,(H,27,32)/b23-21-,24-22?. The van der Waals surface area contributed by atoms with Gasteiger partial charge in [-0.05, 0) is 44.8 Å². The lowest BCUT2D eigenvalue weighted by molar-refractivity contribution is -0.108. The van der Waals surface area contributed by atoms with Crippen LogP contribution in [0.1, 0.15) is 31.7 Å². The number of ether oxygens (including phenoxy) is 1. The molecular formula is C23H38N8O2. The number of carbonyl (C=O) groups excluding carboxylic acids is 1. The molecule has 0 saturated carbocycles. The minimum atomic E-state index is -0.135. The Morgan fingerprint density at radius 3 is 2.85 bits per heavy atom. The number of hydrogen-bond donors (Lipinski definition) is 3. The Kier molecular flexibility index (Phi) is 11.3. The van der Waals surface area contributed by atoms with Gasteiger partial charge in [-0.2, -0.15) is 0 Å². The lowest BCUT2D eigenvalue weighted by atomic mass is 10.2. The Balaban J connectivity index is 2.12. The van der Waals surface area contributed by atoms with Crippen molar-refractivity contribution in [3.05, 3.63) is 35.4 Å². The average molecular weight is 459 g/mol. The largest absolute Gasteiger partial charge is 0.361 e. The molecule has 3 N–H and O–H groups in total. The predicted octanol–water partition coefficient (Wildman–Crippen LogP) is 1.61. The number of anilines is 1. The molecule has 10 heteroatoms. The zero-order valence-electron chi connectivity index (χ0n) is 20.1. The third-order valence-corrected chi connectivity index (χ3v) is 5.47. The van der Waals surface area contributed by atoms with Gasteiger partial charge in [0, 0.05) is 46.0 Å². The minimum absolute atomic E-state index is 0.135. The molecule has 1 aromatic rings. The van der Waals surface area contributed by atoms with Gasteiger partial charge in [0.2, 0.25) is 6.41 Å². The molecular weight excluding hydrogens is 420 g/mol. The summed E-state index contributed by atoms with van der Waals surface area (Å²) in [6.45, 7) is 11.0. The van der Waals surface area contributed by atoms with Crippen LogP contribution in [0.3, 0.4) is 0 Å². The van der Waals surface area contributed by atoms with Crippen LogP contribution in [0.2, 0.25) is 0 Å². The fourth-order valence-electron chi connectivity index (χ4n) is 3.56. The van der Waals surface area contributed by atoms with Gasteiger partial charge in [0.05, 0.1) is 0 Å². The van der Waals surface area contributed by atoms with Crippen LogP contribution in [0.25, 0.3) is 0 Å². The van der Waals surface area contributed by atoms with Crippen molar-refractivity contribution in [3.8, 4) is 0 Å². The smallest absolute Gasteiger partial charge is 0.211 e. The van der Waals surface area contributed by atoms with E-state index in [9.17, 15) is 4.79 Å². The summed E-state index contributed by atoms with van der Waals surface area (Å²) in [5, 5.41) is 13.8. The summed E-state index contributed by atoms with van der Waals surface area (Å²) in [6, 6.07) is 4.11. The Hall–Kier alpha value is -2.98. The van der Waals surface area contributed by atoms with Crippen molar-refractivity contribution in [2.75, 3.05) is 58.5 Å². The number of pyridine rings is 1. The van der Waals surface area contributed by atoms with Gasteiger partial charge in [0.15, 0.2) is 5.84 Å². The molecule has 0 spiro atoms. The number of hydrogen-bond acceptors (Lipinski definition) is 8. The first-order chi connectivity index (χ1) is 16.0. The maximum absolute atomic E-state index is 11.2. The summed E-state index contributed by atoms with van der Waals surface area (Å²) in [5.41, 5.74) is 1.24. The molecule has 1 aliphatic rings.